The summed E-state index contributed by atoms with van der Waals surface area (Å²) >= 11 is 5.92. The maximum absolute atomic E-state index is 5.92. The lowest BCUT2D eigenvalue weighted by Gasteiger charge is -2.28. The zero-order valence-corrected chi connectivity index (χ0v) is 20.9. The quantitative estimate of drug-likeness (QED) is 0.339. The molecule has 0 bridgehead atoms. The number of aryl methyl sites for hydroxylation is 3. The van der Waals surface area contributed by atoms with Crippen molar-refractivity contribution in [1.82, 2.24) is 14.9 Å². The van der Waals surface area contributed by atoms with Gasteiger partial charge in [-0.1, -0.05) is 43.3 Å². The predicted molar refractivity (Wildman–Crippen MR) is 144 cm³/mol. The number of thiocarbonyl (C=S) groups is 1. The highest BCUT2D eigenvalue weighted by atomic mass is 32.1. The fraction of sp³-hybridized carbons (Fsp3) is 0.241. The highest BCUT2D eigenvalue weighted by Gasteiger charge is 2.42. The summed E-state index contributed by atoms with van der Waals surface area (Å²) in [5.74, 6) is 0. The van der Waals surface area contributed by atoms with Gasteiger partial charge in [-0.15, -0.1) is 0 Å². The SMILES string of the molecule is CCc1ccc(N2C(=S)N[C@H](c3ccccn3)[C@@H]2c2cc(C)n(-c3ccccc3C)c2C)cc1. The molecule has 4 aromatic rings. The molecule has 1 aliphatic rings. The number of aromatic nitrogens is 2. The molecule has 1 N–H and O–H groups in total. The van der Waals surface area contributed by atoms with Crippen LogP contribution in [0.1, 0.15) is 52.8 Å². The number of hydrogen-bond acceptors (Lipinski definition) is 2. The summed E-state index contributed by atoms with van der Waals surface area (Å²) in [7, 11) is 0. The van der Waals surface area contributed by atoms with Crippen LogP contribution in [0, 0.1) is 20.8 Å². The van der Waals surface area contributed by atoms with E-state index in [0.717, 1.165) is 22.9 Å². The van der Waals surface area contributed by atoms with Gasteiger partial charge >= 0.3 is 0 Å². The third-order valence-corrected chi connectivity index (χ3v) is 7.18. The van der Waals surface area contributed by atoms with Crippen LogP contribution in [0.5, 0.6) is 0 Å². The molecule has 3 heterocycles. The van der Waals surface area contributed by atoms with E-state index in [-0.39, 0.29) is 12.1 Å². The van der Waals surface area contributed by atoms with Crippen molar-refractivity contribution in [3.05, 3.63) is 113 Å². The molecule has 172 valence electrons. The van der Waals surface area contributed by atoms with Gasteiger partial charge < -0.3 is 14.8 Å². The van der Waals surface area contributed by atoms with Crippen molar-refractivity contribution in [2.24, 2.45) is 0 Å². The van der Waals surface area contributed by atoms with E-state index in [4.69, 9.17) is 17.2 Å². The van der Waals surface area contributed by atoms with Gasteiger partial charge in [-0.3, -0.25) is 4.98 Å². The first-order chi connectivity index (χ1) is 16.5. The van der Waals surface area contributed by atoms with Crippen molar-refractivity contribution < 1.29 is 0 Å². The zero-order valence-electron chi connectivity index (χ0n) is 20.1. The molecule has 0 unspecified atom stereocenters. The molecule has 1 saturated heterocycles. The van der Waals surface area contributed by atoms with Crippen LogP contribution >= 0.6 is 12.2 Å². The van der Waals surface area contributed by atoms with Crippen LogP contribution in [0.2, 0.25) is 0 Å². The second-order valence-electron chi connectivity index (χ2n) is 8.96. The van der Waals surface area contributed by atoms with Crippen LogP contribution < -0.4 is 10.2 Å². The lowest BCUT2D eigenvalue weighted by Crippen LogP contribution is -2.29. The highest BCUT2D eigenvalue weighted by Crippen LogP contribution is 2.43. The lowest BCUT2D eigenvalue weighted by atomic mass is 9.96. The number of nitrogens with one attached hydrogen (secondary N) is 1. The first-order valence-electron chi connectivity index (χ1n) is 11.8. The predicted octanol–water partition coefficient (Wildman–Crippen LogP) is 6.54. The number of anilines is 1. The van der Waals surface area contributed by atoms with E-state index in [1.165, 1.54) is 33.8 Å². The average Bonchev–Trinajstić information content (AvgIpc) is 3.35. The van der Waals surface area contributed by atoms with Crippen LogP contribution in [0.25, 0.3) is 5.69 Å². The lowest BCUT2D eigenvalue weighted by molar-refractivity contribution is 0.565. The third-order valence-electron chi connectivity index (χ3n) is 6.87. The fourth-order valence-corrected chi connectivity index (χ4v) is 5.46. The van der Waals surface area contributed by atoms with Crippen LogP contribution in [0.15, 0.2) is 79.0 Å². The van der Waals surface area contributed by atoms with Crippen LogP contribution in [0.4, 0.5) is 5.69 Å². The Hall–Kier alpha value is -3.44. The molecular formula is C29H30N4S. The van der Waals surface area contributed by atoms with Gasteiger partial charge in [-0.2, -0.15) is 0 Å². The van der Waals surface area contributed by atoms with Gasteiger partial charge in [0.15, 0.2) is 5.11 Å². The Labute approximate surface area is 207 Å². The summed E-state index contributed by atoms with van der Waals surface area (Å²) in [4.78, 5) is 6.96. The van der Waals surface area contributed by atoms with Gasteiger partial charge in [0, 0.05) is 29.0 Å². The standard InChI is InChI=1S/C29H30N4S/c1-5-22-13-15-23(16-14-22)33-28(27(31-29(33)34)25-11-8-9-17-30-25)24-18-20(3)32(21(24)4)26-12-7-6-10-19(26)2/h6-18,27-28H,5H2,1-4H3,(H,31,34)/t27-,28+/m1/s1. The zero-order chi connectivity index (χ0) is 23.8. The monoisotopic (exact) mass is 466 g/mol. The highest BCUT2D eigenvalue weighted by molar-refractivity contribution is 7.80. The van der Waals surface area contributed by atoms with Crippen molar-refractivity contribution in [1.29, 1.82) is 0 Å². The number of para-hydroxylation sites is 1. The normalized spacial score (nSPS) is 17.8. The minimum atomic E-state index is -0.0506. The number of benzene rings is 2. The van der Waals surface area contributed by atoms with Crippen molar-refractivity contribution in [2.75, 3.05) is 4.90 Å². The Balaban J connectivity index is 1.68. The molecule has 5 heteroatoms. The Morgan fingerprint density at radius 3 is 2.35 bits per heavy atom. The van der Waals surface area contributed by atoms with Crippen molar-refractivity contribution in [3.8, 4) is 5.69 Å². The van der Waals surface area contributed by atoms with Crippen LogP contribution in [-0.4, -0.2) is 14.7 Å². The van der Waals surface area contributed by atoms with Gasteiger partial charge in [0.25, 0.3) is 0 Å². The van der Waals surface area contributed by atoms with E-state index in [9.17, 15) is 0 Å². The summed E-state index contributed by atoms with van der Waals surface area (Å²) in [6.07, 6.45) is 2.87. The Bertz CT molecular complexity index is 1320. The summed E-state index contributed by atoms with van der Waals surface area (Å²) in [5, 5.41) is 4.32. The third kappa shape index (κ3) is 3.80. The summed E-state index contributed by atoms with van der Waals surface area (Å²) < 4.78 is 2.36. The smallest absolute Gasteiger partial charge is 0.174 e. The molecule has 1 fully saturated rings. The fourth-order valence-electron chi connectivity index (χ4n) is 5.11. The Morgan fingerprint density at radius 1 is 0.941 bits per heavy atom. The van der Waals surface area contributed by atoms with Crippen LogP contribution in [0.3, 0.4) is 0 Å². The molecule has 2 atom stereocenters. The maximum atomic E-state index is 5.92. The number of rotatable bonds is 5. The topological polar surface area (TPSA) is 33.1 Å². The van der Waals surface area contributed by atoms with E-state index in [0.29, 0.717) is 0 Å². The van der Waals surface area contributed by atoms with Gasteiger partial charge in [-0.25, -0.2) is 0 Å². The summed E-state index contributed by atoms with van der Waals surface area (Å²) in [5.41, 5.74) is 9.55. The second-order valence-corrected chi connectivity index (χ2v) is 9.35. The summed E-state index contributed by atoms with van der Waals surface area (Å²) in [6, 6.07) is 25.6. The Kier molecular flexibility index (Phi) is 5.96. The molecular weight excluding hydrogens is 436 g/mol. The van der Waals surface area contributed by atoms with E-state index >= 15 is 0 Å². The van der Waals surface area contributed by atoms with E-state index in [2.05, 4.69) is 103 Å². The molecule has 1 aliphatic heterocycles. The van der Waals surface area contributed by atoms with Crippen molar-refractivity contribution in [3.63, 3.8) is 0 Å². The molecule has 0 spiro atoms. The van der Waals surface area contributed by atoms with Crippen LogP contribution in [-0.2, 0) is 6.42 Å². The van der Waals surface area contributed by atoms with Gasteiger partial charge in [0.05, 0.1) is 17.8 Å². The minimum absolute atomic E-state index is 0.0150. The molecule has 5 rings (SSSR count). The molecule has 0 aliphatic carbocycles. The number of pyridine rings is 1. The van der Waals surface area contributed by atoms with Crippen molar-refractivity contribution >= 4 is 23.0 Å². The van der Waals surface area contributed by atoms with Gasteiger partial charge in [-0.05, 0) is 92.5 Å². The largest absolute Gasteiger partial charge is 0.351 e. The maximum Gasteiger partial charge on any atom is 0.174 e. The molecule has 0 radical (unpaired) electrons. The summed E-state index contributed by atoms with van der Waals surface area (Å²) in [6.45, 7) is 8.74. The number of hydrogen-bond donors (Lipinski definition) is 1. The molecule has 34 heavy (non-hydrogen) atoms. The molecule has 0 amide bonds. The molecule has 4 nitrogen and oxygen atoms in total. The van der Waals surface area contributed by atoms with E-state index in [1.807, 2.05) is 18.3 Å². The number of nitrogens with zero attached hydrogens (tertiary/aromatic N) is 3. The molecule has 2 aromatic carbocycles. The molecule has 2 aromatic heterocycles. The van der Waals surface area contributed by atoms with Crippen molar-refractivity contribution in [2.45, 2.75) is 46.2 Å². The minimum Gasteiger partial charge on any atom is -0.351 e. The van der Waals surface area contributed by atoms with E-state index in [1.54, 1.807) is 0 Å². The van der Waals surface area contributed by atoms with Gasteiger partial charge in [0.1, 0.15) is 0 Å². The first kappa shape index (κ1) is 22.4. The first-order valence-corrected chi connectivity index (χ1v) is 12.2. The molecule has 0 saturated carbocycles. The Morgan fingerprint density at radius 2 is 1.68 bits per heavy atom. The second kappa shape index (κ2) is 9.07. The average molecular weight is 467 g/mol. The van der Waals surface area contributed by atoms with E-state index < -0.39 is 0 Å². The van der Waals surface area contributed by atoms with Gasteiger partial charge in [0.2, 0.25) is 0 Å².